The number of hydrogen-bond donors (Lipinski definition) is 2. The standard InChI is InChI=1S/C29H37N3O2/c1-4-21(29(33)34-25-10-6-9-24(30)18-25)16-23-17-22(14-13-19(23)2)26-11-7-15-31-28(26)27-12-5-8-20(3)32-27/h4,12-14,16-17,24-25,31H,2,5-11,15,18,30H2,1,3H3/b21-4+,23-16-/t24-,25-/m0/s1. The molecular formula is C29H37N3O2. The molecule has 0 unspecified atom stereocenters. The molecule has 2 heterocycles. The minimum absolute atomic E-state index is 0.0982. The second-order valence-corrected chi connectivity index (χ2v) is 9.61. The molecule has 3 aliphatic rings. The molecule has 1 aliphatic carbocycles. The zero-order valence-corrected chi connectivity index (χ0v) is 20.5. The lowest BCUT2D eigenvalue weighted by Crippen LogP contribution is -2.33. The van der Waals surface area contributed by atoms with Crippen molar-refractivity contribution in [2.75, 3.05) is 6.54 Å². The van der Waals surface area contributed by atoms with Gasteiger partial charge in [-0.25, -0.2) is 4.79 Å². The quantitative estimate of drug-likeness (QED) is 0.518. The number of ether oxygens (including phenoxy) is 1. The van der Waals surface area contributed by atoms with E-state index >= 15 is 0 Å². The predicted octanol–water partition coefficient (Wildman–Crippen LogP) is 3.87. The molecule has 0 spiro atoms. The van der Waals surface area contributed by atoms with Gasteiger partial charge < -0.3 is 15.8 Å². The lowest BCUT2D eigenvalue weighted by atomic mass is 9.93. The molecule has 0 aromatic heterocycles. The fraction of sp³-hybridized carbons (Fsp3) is 0.448. The Bertz CT molecular complexity index is 1170. The molecule has 2 atom stereocenters. The molecular weight excluding hydrogens is 422 g/mol. The van der Waals surface area contributed by atoms with Gasteiger partial charge in [0.15, 0.2) is 0 Å². The van der Waals surface area contributed by atoms with Gasteiger partial charge in [0.1, 0.15) is 6.10 Å². The number of rotatable bonds is 5. The summed E-state index contributed by atoms with van der Waals surface area (Å²) in [7, 11) is 0. The highest BCUT2D eigenvalue weighted by molar-refractivity contribution is 5.97. The number of esters is 1. The first-order valence-electron chi connectivity index (χ1n) is 12.6. The highest BCUT2D eigenvalue weighted by atomic mass is 16.5. The van der Waals surface area contributed by atoms with Crippen LogP contribution in [0.1, 0.15) is 70.8 Å². The fourth-order valence-corrected chi connectivity index (χ4v) is 4.98. The molecule has 34 heavy (non-hydrogen) atoms. The second kappa shape index (κ2) is 11.0. The average Bonchev–Trinajstić information content (AvgIpc) is 2.83. The van der Waals surface area contributed by atoms with Crippen LogP contribution in [0.4, 0.5) is 0 Å². The van der Waals surface area contributed by atoms with Gasteiger partial charge in [-0.05, 0) is 98.9 Å². The number of carbonyl (C=O) groups is 1. The van der Waals surface area contributed by atoms with Gasteiger partial charge >= 0.3 is 5.97 Å². The largest absolute Gasteiger partial charge is 0.459 e. The van der Waals surface area contributed by atoms with E-state index in [-0.39, 0.29) is 18.1 Å². The third kappa shape index (κ3) is 5.76. The summed E-state index contributed by atoms with van der Waals surface area (Å²) in [5, 5.41) is 5.40. The summed E-state index contributed by atoms with van der Waals surface area (Å²) in [6.07, 6.45) is 13.6. The van der Waals surface area contributed by atoms with Crippen molar-refractivity contribution in [1.82, 2.24) is 5.32 Å². The normalized spacial score (nSPS) is 24.3. The highest BCUT2D eigenvalue weighted by Gasteiger charge is 2.23. The van der Waals surface area contributed by atoms with Gasteiger partial charge in [-0.15, -0.1) is 0 Å². The third-order valence-electron chi connectivity index (χ3n) is 6.91. The van der Waals surface area contributed by atoms with Crippen molar-refractivity contribution >= 4 is 29.9 Å². The van der Waals surface area contributed by atoms with Crippen molar-refractivity contribution in [1.29, 1.82) is 0 Å². The number of carbonyl (C=O) groups excluding carboxylic acids is 1. The van der Waals surface area contributed by atoms with Crippen LogP contribution in [0.3, 0.4) is 0 Å². The zero-order valence-electron chi connectivity index (χ0n) is 20.5. The summed E-state index contributed by atoms with van der Waals surface area (Å²) in [5.74, 6) is -0.289. The van der Waals surface area contributed by atoms with Crippen LogP contribution in [-0.4, -0.2) is 30.4 Å². The zero-order chi connectivity index (χ0) is 24.1. The molecule has 5 nitrogen and oxygen atoms in total. The van der Waals surface area contributed by atoms with Crippen molar-refractivity contribution in [3.63, 3.8) is 0 Å². The molecule has 180 valence electrons. The van der Waals surface area contributed by atoms with Crippen molar-refractivity contribution in [2.24, 2.45) is 10.7 Å². The van der Waals surface area contributed by atoms with Gasteiger partial charge in [0.25, 0.3) is 0 Å². The first kappa shape index (κ1) is 24.2. The maximum atomic E-state index is 12.9. The van der Waals surface area contributed by atoms with Gasteiger partial charge in [0.2, 0.25) is 0 Å². The Balaban J connectivity index is 1.65. The molecule has 0 saturated heterocycles. The van der Waals surface area contributed by atoms with Crippen LogP contribution in [0.25, 0.3) is 18.2 Å². The topological polar surface area (TPSA) is 76.7 Å². The van der Waals surface area contributed by atoms with E-state index < -0.39 is 0 Å². The first-order valence-corrected chi connectivity index (χ1v) is 12.6. The van der Waals surface area contributed by atoms with Crippen molar-refractivity contribution in [3.05, 3.63) is 63.3 Å². The Hall–Kier alpha value is -2.92. The number of nitrogens with one attached hydrogen (secondary N) is 1. The van der Waals surface area contributed by atoms with E-state index in [4.69, 9.17) is 15.5 Å². The Morgan fingerprint density at radius 1 is 1.26 bits per heavy atom. The Morgan fingerprint density at radius 2 is 2.12 bits per heavy atom. The Morgan fingerprint density at radius 3 is 2.88 bits per heavy atom. The fourth-order valence-electron chi connectivity index (χ4n) is 4.98. The number of benzene rings is 1. The second-order valence-electron chi connectivity index (χ2n) is 9.61. The van der Waals surface area contributed by atoms with Crippen molar-refractivity contribution in [2.45, 2.75) is 77.4 Å². The van der Waals surface area contributed by atoms with Crippen LogP contribution in [0.2, 0.25) is 0 Å². The molecule has 1 fully saturated rings. The van der Waals surface area contributed by atoms with E-state index in [0.717, 1.165) is 85.3 Å². The van der Waals surface area contributed by atoms with E-state index in [1.807, 2.05) is 25.1 Å². The molecule has 0 radical (unpaired) electrons. The molecule has 4 rings (SSSR count). The maximum absolute atomic E-state index is 12.9. The van der Waals surface area contributed by atoms with Gasteiger partial charge in [0, 0.05) is 18.3 Å². The number of aliphatic imine (C=N–C) groups is 1. The summed E-state index contributed by atoms with van der Waals surface area (Å²) < 4.78 is 5.80. The van der Waals surface area contributed by atoms with Crippen LogP contribution in [-0.2, 0) is 9.53 Å². The van der Waals surface area contributed by atoms with E-state index in [1.54, 1.807) is 0 Å². The van der Waals surface area contributed by atoms with Gasteiger partial charge in [-0.1, -0.05) is 30.9 Å². The molecule has 1 aromatic rings. The lowest BCUT2D eigenvalue weighted by Gasteiger charge is -2.26. The number of hydrogen-bond acceptors (Lipinski definition) is 5. The predicted molar refractivity (Wildman–Crippen MR) is 140 cm³/mol. The lowest BCUT2D eigenvalue weighted by molar-refractivity contribution is -0.145. The molecule has 3 N–H and O–H groups in total. The molecule has 0 bridgehead atoms. The van der Waals surface area contributed by atoms with Gasteiger partial charge in [-0.3, -0.25) is 4.99 Å². The average molecular weight is 460 g/mol. The van der Waals surface area contributed by atoms with Gasteiger partial charge in [0.05, 0.1) is 17.0 Å². The van der Waals surface area contributed by atoms with E-state index in [1.165, 1.54) is 11.3 Å². The Labute approximate surface area is 202 Å². The van der Waals surface area contributed by atoms with Gasteiger partial charge in [-0.2, -0.15) is 0 Å². The van der Waals surface area contributed by atoms with Crippen LogP contribution in [0.15, 0.2) is 52.3 Å². The van der Waals surface area contributed by atoms with Crippen LogP contribution in [0, 0.1) is 0 Å². The summed E-state index contributed by atoms with van der Waals surface area (Å²) in [6, 6.07) is 6.41. The minimum atomic E-state index is -0.289. The maximum Gasteiger partial charge on any atom is 0.338 e. The van der Waals surface area contributed by atoms with Crippen LogP contribution in [0.5, 0.6) is 0 Å². The number of nitrogens with two attached hydrogens (primary N) is 1. The molecule has 0 amide bonds. The van der Waals surface area contributed by atoms with E-state index in [2.05, 4.69) is 37.0 Å². The SMILES string of the molecule is C=c1ccc(C2=C(C3=CCCC(C)=N3)NCCC2)c/c1=C/C(=C\C)C(=O)O[C@H]1CCC[C@H](N)C1. The monoisotopic (exact) mass is 459 g/mol. The van der Waals surface area contributed by atoms with E-state index in [0.29, 0.717) is 5.57 Å². The Kier molecular flexibility index (Phi) is 7.84. The first-order chi connectivity index (χ1) is 16.4. The van der Waals surface area contributed by atoms with E-state index in [9.17, 15) is 4.79 Å². The smallest absolute Gasteiger partial charge is 0.338 e. The molecule has 2 aliphatic heterocycles. The summed E-state index contributed by atoms with van der Waals surface area (Å²) >= 11 is 0. The highest BCUT2D eigenvalue weighted by Crippen LogP contribution is 2.30. The molecule has 1 saturated carbocycles. The third-order valence-corrected chi connectivity index (χ3v) is 6.91. The van der Waals surface area contributed by atoms with Crippen molar-refractivity contribution < 1.29 is 9.53 Å². The van der Waals surface area contributed by atoms with Crippen LogP contribution < -0.4 is 21.5 Å². The summed E-state index contributed by atoms with van der Waals surface area (Å²) in [5.41, 5.74) is 12.4. The number of nitrogens with zero attached hydrogens (tertiary/aromatic N) is 1. The molecule has 1 aromatic carbocycles. The summed E-state index contributed by atoms with van der Waals surface area (Å²) in [6.45, 7) is 9.13. The van der Waals surface area contributed by atoms with Crippen LogP contribution >= 0.6 is 0 Å². The molecule has 5 heteroatoms. The minimum Gasteiger partial charge on any atom is -0.459 e. The number of allylic oxidation sites excluding steroid dienone is 3. The van der Waals surface area contributed by atoms with Crippen molar-refractivity contribution in [3.8, 4) is 0 Å². The summed E-state index contributed by atoms with van der Waals surface area (Å²) in [4.78, 5) is 17.7.